The van der Waals surface area contributed by atoms with Gasteiger partial charge in [0.05, 0.1) is 11.1 Å². The summed E-state index contributed by atoms with van der Waals surface area (Å²) < 4.78 is 0. The molecule has 1 rings (SSSR count). The number of likely N-dealkylation sites (N-methyl/N-ethyl adjacent to an activating group) is 2. The Kier molecular flexibility index (Phi) is 4.60. The topological polar surface area (TPSA) is 30.0 Å². The predicted octanol–water partition coefficient (Wildman–Crippen LogP) is 1.67. The van der Waals surface area contributed by atoms with Crippen LogP contribution in [0.4, 0.5) is 0 Å². The van der Waals surface area contributed by atoms with E-state index in [1.807, 2.05) is 13.8 Å². The molecule has 18 heavy (non-hydrogen) atoms. The van der Waals surface area contributed by atoms with Gasteiger partial charge in [-0.05, 0) is 54.4 Å². The lowest BCUT2D eigenvalue weighted by molar-refractivity contribution is -0.185. The van der Waals surface area contributed by atoms with E-state index in [0.29, 0.717) is 0 Å². The average Bonchev–Trinajstić information content (AvgIpc) is 2.37. The molecule has 0 saturated heterocycles. The van der Waals surface area contributed by atoms with Crippen molar-refractivity contribution in [2.45, 2.75) is 38.8 Å². The number of hydroxylamine groups is 2. The average molecular weight is 255 g/mol. The van der Waals surface area contributed by atoms with Crippen molar-refractivity contribution < 1.29 is 5.21 Å². The van der Waals surface area contributed by atoms with E-state index in [1.54, 1.807) is 0 Å². The van der Waals surface area contributed by atoms with E-state index in [4.69, 9.17) is 0 Å². The Morgan fingerprint density at radius 3 is 2.06 bits per heavy atom. The second kappa shape index (κ2) is 5.29. The van der Waals surface area contributed by atoms with E-state index in [9.17, 15) is 5.21 Å². The summed E-state index contributed by atoms with van der Waals surface area (Å²) in [4.78, 5) is 4.50. The van der Waals surface area contributed by atoms with E-state index in [2.05, 4.69) is 50.9 Å². The molecule has 0 fully saturated rings. The van der Waals surface area contributed by atoms with Gasteiger partial charge in [-0.3, -0.25) is 0 Å². The summed E-state index contributed by atoms with van der Waals surface area (Å²) in [6, 6.07) is 0. The van der Waals surface area contributed by atoms with Gasteiger partial charge in [-0.25, -0.2) is 0 Å². The maximum Gasteiger partial charge on any atom is 0.0635 e. The highest BCUT2D eigenvalue weighted by Crippen LogP contribution is 2.38. The fourth-order valence-corrected chi connectivity index (χ4v) is 2.50. The Balaban J connectivity index is 2.67. The van der Waals surface area contributed by atoms with Crippen molar-refractivity contribution in [3.8, 4) is 0 Å². The van der Waals surface area contributed by atoms with Crippen LogP contribution in [0.1, 0.15) is 27.7 Å². The molecule has 106 valence electrons. The van der Waals surface area contributed by atoms with Gasteiger partial charge in [0.15, 0.2) is 0 Å². The SMILES string of the molecule is CN(C)CCN(C)CC1=CC(C)(C)N(O)C1(C)C. The summed E-state index contributed by atoms with van der Waals surface area (Å²) in [5, 5.41) is 11.7. The van der Waals surface area contributed by atoms with Crippen molar-refractivity contribution in [3.63, 3.8) is 0 Å². The second-order valence-corrected chi connectivity index (χ2v) is 6.74. The van der Waals surface area contributed by atoms with Crippen molar-refractivity contribution in [2.24, 2.45) is 0 Å². The zero-order valence-electron chi connectivity index (χ0n) is 13.0. The maximum absolute atomic E-state index is 10.2. The Morgan fingerprint density at radius 2 is 1.67 bits per heavy atom. The molecule has 1 heterocycles. The van der Waals surface area contributed by atoms with Gasteiger partial charge < -0.3 is 15.0 Å². The van der Waals surface area contributed by atoms with E-state index in [0.717, 1.165) is 19.6 Å². The number of hydrogen-bond acceptors (Lipinski definition) is 4. The van der Waals surface area contributed by atoms with Gasteiger partial charge in [0, 0.05) is 19.6 Å². The summed E-state index contributed by atoms with van der Waals surface area (Å²) in [5.41, 5.74) is 0.730. The van der Waals surface area contributed by atoms with Gasteiger partial charge in [0.2, 0.25) is 0 Å². The third-order valence-corrected chi connectivity index (χ3v) is 3.76. The molecule has 1 N–H and O–H groups in total. The Labute approximate surface area is 112 Å². The van der Waals surface area contributed by atoms with Crippen molar-refractivity contribution in [3.05, 3.63) is 11.6 Å². The van der Waals surface area contributed by atoms with Crippen molar-refractivity contribution in [1.29, 1.82) is 0 Å². The van der Waals surface area contributed by atoms with Crippen LogP contribution >= 0.6 is 0 Å². The normalized spacial score (nSPS) is 22.9. The molecule has 0 aromatic heterocycles. The molecule has 0 amide bonds. The first kappa shape index (κ1) is 15.6. The fraction of sp³-hybridized carbons (Fsp3) is 0.857. The Morgan fingerprint density at radius 1 is 1.11 bits per heavy atom. The van der Waals surface area contributed by atoms with Gasteiger partial charge in [-0.1, -0.05) is 6.08 Å². The minimum absolute atomic E-state index is 0.277. The third kappa shape index (κ3) is 3.32. The molecule has 0 radical (unpaired) electrons. The van der Waals surface area contributed by atoms with E-state index in [1.165, 1.54) is 10.6 Å². The maximum atomic E-state index is 10.2. The van der Waals surface area contributed by atoms with Crippen LogP contribution in [0.5, 0.6) is 0 Å². The smallest absolute Gasteiger partial charge is 0.0635 e. The number of hydrogen-bond donors (Lipinski definition) is 1. The van der Waals surface area contributed by atoms with Gasteiger partial charge in [0.25, 0.3) is 0 Å². The summed E-state index contributed by atoms with van der Waals surface area (Å²) in [6.45, 7) is 11.2. The highest BCUT2D eigenvalue weighted by Gasteiger charge is 2.44. The van der Waals surface area contributed by atoms with Crippen molar-refractivity contribution >= 4 is 0 Å². The van der Waals surface area contributed by atoms with Crippen molar-refractivity contribution in [1.82, 2.24) is 14.9 Å². The second-order valence-electron chi connectivity index (χ2n) is 6.74. The van der Waals surface area contributed by atoms with Crippen LogP contribution in [-0.4, -0.2) is 71.9 Å². The standard InChI is InChI=1S/C14H29N3O/c1-13(2)10-12(14(3,4)17(13)18)11-16(7)9-8-15(5)6/h10,18H,8-9,11H2,1-7H3. The fourth-order valence-electron chi connectivity index (χ4n) is 2.50. The highest BCUT2D eigenvalue weighted by atomic mass is 16.5. The first-order valence-corrected chi connectivity index (χ1v) is 6.62. The molecule has 0 unspecified atom stereocenters. The van der Waals surface area contributed by atoms with Crippen LogP contribution in [0.15, 0.2) is 11.6 Å². The van der Waals surface area contributed by atoms with Crippen LogP contribution in [0.2, 0.25) is 0 Å². The molecule has 1 aliphatic heterocycles. The molecule has 0 bridgehead atoms. The molecule has 0 aromatic carbocycles. The van der Waals surface area contributed by atoms with Crippen LogP contribution in [-0.2, 0) is 0 Å². The number of nitrogens with zero attached hydrogens (tertiary/aromatic N) is 3. The third-order valence-electron chi connectivity index (χ3n) is 3.76. The van der Waals surface area contributed by atoms with Crippen LogP contribution < -0.4 is 0 Å². The van der Waals surface area contributed by atoms with Crippen LogP contribution in [0.25, 0.3) is 0 Å². The minimum atomic E-state index is -0.282. The highest BCUT2D eigenvalue weighted by molar-refractivity contribution is 5.30. The minimum Gasteiger partial charge on any atom is -0.312 e. The van der Waals surface area contributed by atoms with Crippen LogP contribution in [0, 0.1) is 0 Å². The molecule has 0 atom stereocenters. The molecular formula is C14H29N3O. The Bertz CT molecular complexity index is 321. The van der Waals surface area contributed by atoms with Gasteiger partial charge in [-0.15, -0.1) is 0 Å². The zero-order chi connectivity index (χ0) is 14.1. The largest absolute Gasteiger partial charge is 0.312 e. The van der Waals surface area contributed by atoms with Gasteiger partial charge in [-0.2, -0.15) is 5.06 Å². The first-order chi connectivity index (χ1) is 8.07. The molecular weight excluding hydrogens is 226 g/mol. The Hall–Kier alpha value is -0.420. The van der Waals surface area contributed by atoms with Crippen molar-refractivity contribution in [2.75, 3.05) is 40.8 Å². The zero-order valence-corrected chi connectivity index (χ0v) is 13.0. The van der Waals surface area contributed by atoms with E-state index >= 15 is 0 Å². The van der Waals surface area contributed by atoms with Gasteiger partial charge in [0.1, 0.15) is 0 Å². The molecule has 0 spiro atoms. The summed E-state index contributed by atoms with van der Waals surface area (Å²) in [5.74, 6) is 0. The summed E-state index contributed by atoms with van der Waals surface area (Å²) >= 11 is 0. The molecule has 4 nitrogen and oxygen atoms in total. The molecule has 4 heteroatoms. The van der Waals surface area contributed by atoms with Crippen LogP contribution in [0.3, 0.4) is 0 Å². The summed E-state index contributed by atoms with van der Waals surface area (Å²) in [6.07, 6.45) is 2.19. The summed E-state index contributed by atoms with van der Waals surface area (Å²) in [7, 11) is 6.31. The lowest BCUT2D eigenvalue weighted by Crippen LogP contribution is -2.48. The molecule has 0 aliphatic carbocycles. The molecule has 1 aliphatic rings. The van der Waals surface area contributed by atoms with Gasteiger partial charge >= 0.3 is 0 Å². The quantitative estimate of drug-likeness (QED) is 0.757. The predicted molar refractivity (Wildman–Crippen MR) is 75.9 cm³/mol. The first-order valence-electron chi connectivity index (χ1n) is 6.62. The lowest BCUT2D eigenvalue weighted by atomic mass is 9.96. The molecule has 0 saturated carbocycles. The van der Waals surface area contributed by atoms with E-state index in [-0.39, 0.29) is 11.1 Å². The number of rotatable bonds is 5. The monoisotopic (exact) mass is 255 g/mol. The van der Waals surface area contributed by atoms with E-state index < -0.39 is 0 Å². The lowest BCUT2D eigenvalue weighted by Gasteiger charge is -2.37. The molecule has 0 aromatic rings.